The highest BCUT2D eigenvalue weighted by Crippen LogP contribution is 2.41. The minimum Gasteiger partial charge on any atom is -0.376 e. The molecule has 0 aliphatic heterocycles. The fourth-order valence-electron chi connectivity index (χ4n) is 3.24. The molecular weight excluding hydrogens is 226 g/mol. The van der Waals surface area contributed by atoms with Crippen LogP contribution in [-0.2, 0) is 11.3 Å². The van der Waals surface area contributed by atoms with Crippen molar-refractivity contribution in [2.75, 3.05) is 7.11 Å². The van der Waals surface area contributed by atoms with E-state index in [1.807, 2.05) is 12.4 Å². The van der Waals surface area contributed by atoms with E-state index in [1.165, 1.54) is 12.8 Å². The zero-order chi connectivity index (χ0) is 13.2. The van der Waals surface area contributed by atoms with Crippen molar-refractivity contribution in [3.8, 4) is 0 Å². The molecule has 102 valence electrons. The van der Waals surface area contributed by atoms with Crippen LogP contribution in [0.4, 0.5) is 0 Å². The van der Waals surface area contributed by atoms with Crippen molar-refractivity contribution in [1.82, 2.24) is 9.55 Å². The Labute approximate surface area is 110 Å². The van der Waals surface area contributed by atoms with Gasteiger partial charge in [0, 0.05) is 26.0 Å². The maximum Gasteiger partial charge on any atom is 0.128 e. The molecule has 3 atom stereocenters. The highest BCUT2D eigenvalue weighted by atomic mass is 16.5. The van der Waals surface area contributed by atoms with Crippen molar-refractivity contribution >= 4 is 0 Å². The lowest BCUT2D eigenvalue weighted by molar-refractivity contribution is -0.0741. The number of imidazole rings is 1. The van der Waals surface area contributed by atoms with Gasteiger partial charge in [-0.2, -0.15) is 0 Å². The van der Waals surface area contributed by atoms with Crippen LogP contribution in [0.3, 0.4) is 0 Å². The first-order valence-corrected chi connectivity index (χ1v) is 6.94. The molecule has 0 spiro atoms. The number of hydrogen-bond acceptors (Lipinski definition) is 3. The summed E-state index contributed by atoms with van der Waals surface area (Å²) in [7, 11) is 1.79. The van der Waals surface area contributed by atoms with Crippen LogP contribution in [0.25, 0.3) is 0 Å². The summed E-state index contributed by atoms with van der Waals surface area (Å²) in [5.74, 6) is 1.63. The second-order valence-electron chi connectivity index (χ2n) is 5.52. The first-order valence-electron chi connectivity index (χ1n) is 6.94. The molecule has 3 unspecified atom stereocenters. The number of ether oxygens (including phenoxy) is 1. The summed E-state index contributed by atoms with van der Waals surface area (Å²) >= 11 is 0. The Hall–Kier alpha value is -0.870. The van der Waals surface area contributed by atoms with E-state index in [9.17, 15) is 0 Å². The van der Waals surface area contributed by atoms with Gasteiger partial charge in [-0.15, -0.1) is 0 Å². The number of nitrogens with zero attached hydrogens (tertiary/aromatic N) is 2. The van der Waals surface area contributed by atoms with Crippen LogP contribution in [0.1, 0.15) is 51.4 Å². The van der Waals surface area contributed by atoms with Crippen LogP contribution in [0, 0.1) is 5.92 Å². The molecule has 1 saturated carbocycles. The molecule has 1 heterocycles. The van der Waals surface area contributed by atoms with Gasteiger partial charge in [-0.05, 0) is 25.7 Å². The molecule has 1 aromatic rings. The van der Waals surface area contributed by atoms with E-state index in [0.717, 1.165) is 25.2 Å². The van der Waals surface area contributed by atoms with E-state index >= 15 is 0 Å². The van der Waals surface area contributed by atoms with Gasteiger partial charge >= 0.3 is 0 Å². The van der Waals surface area contributed by atoms with Gasteiger partial charge in [0.25, 0.3) is 0 Å². The van der Waals surface area contributed by atoms with E-state index in [0.29, 0.717) is 5.92 Å². The average Bonchev–Trinajstić information content (AvgIpc) is 2.85. The molecule has 4 heteroatoms. The quantitative estimate of drug-likeness (QED) is 0.894. The van der Waals surface area contributed by atoms with E-state index in [4.69, 9.17) is 10.5 Å². The van der Waals surface area contributed by atoms with Gasteiger partial charge in [-0.25, -0.2) is 4.98 Å². The first kappa shape index (κ1) is 13.6. The van der Waals surface area contributed by atoms with Gasteiger partial charge in [0.1, 0.15) is 5.82 Å². The lowest BCUT2D eigenvalue weighted by Gasteiger charge is -2.42. The zero-order valence-electron chi connectivity index (χ0n) is 11.7. The molecule has 0 bridgehead atoms. The second-order valence-corrected chi connectivity index (χ2v) is 5.52. The Kier molecular flexibility index (Phi) is 4.07. The third-order valence-corrected chi connectivity index (χ3v) is 4.33. The van der Waals surface area contributed by atoms with Crippen LogP contribution < -0.4 is 5.73 Å². The summed E-state index contributed by atoms with van der Waals surface area (Å²) < 4.78 is 7.97. The summed E-state index contributed by atoms with van der Waals surface area (Å²) in [6.07, 6.45) is 8.35. The van der Waals surface area contributed by atoms with E-state index in [-0.39, 0.29) is 11.6 Å². The summed E-state index contributed by atoms with van der Waals surface area (Å²) in [6, 6.07) is -0.139. The molecule has 1 aromatic heterocycles. The molecule has 0 saturated heterocycles. The van der Waals surface area contributed by atoms with Crippen molar-refractivity contribution in [2.45, 2.75) is 57.7 Å². The number of aromatic nitrogens is 2. The van der Waals surface area contributed by atoms with Crippen LogP contribution in [-0.4, -0.2) is 22.3 Å². The van der Waals surface area contributed by atoms with Crippen molar-refractivity contribution in [1.29, 1.82) is 0 Å². The third-order valence-electron chi connectivity index (χ3n) is 4.33. The molecule has 0 amide bonds. The van der Waals surface area contributed by atoms with Gasteiger partial charge < -0.3 is 15.0 Å². The van der Waals surface area contributed by atoms with Crippen LogP contribution in [0.2, 0.25) is 0 Å². The topological polar surface area (TPSA) is 53.1 Å². The summed E-state index contributed by atoms with van der Waals surface area (Å²) in [5.41, 5.74) is 6.25. The second kappa shape index (κ2) is 5.41. The number of nitrogens with two attached hydrogens (primary N) is 1. The first-order chi connectivity index (χ1) is 8.63. The van der Waals surface area contributed by atoms with E-state index < -0.39 is 0 Å². The van der Waals surface area contributed by atoms with Gasteiger partial charge in [0.2, 0.25) is 0 Å². The fourth-order valence-corrected chi connectivity index (χ4v) is 3.24. The van der Waals surface area contributed by atoms with Crippen molar-refractivity contribution in [3.63, 3.8) is 0 Å². The van der Waals surface area contributed by atoms with Crippen LogP contribution >= 0.6 is 0 Å². The molecule has 0 radical (unpaired) electrons. The van der Waals surface area contributed by atoms with Crippen molar-refractivity contribution < 1.29 is 4.74 Å². The largest absolute Gasteiger partial charge is 0.376 e. The molecular formula is C14H25N3O. The normalized spacial score (nSPS) is 30.3. The molecule has 1 aliphatic rings. The Bertz CT molecular complexity index is 390. The van der Waals surface area contributed by atoms with Gasteiger partial charge in [0.15, 0.2) is 0 Å². The van der Waals surface area contributed by atoms with E-state index in [1.54, 1.807) is 7.11 Å². The monoisotopic (exact) mass is 251 g/mol. The van der Waals surface area contributed by atoms with Gasteiger partial charge in [-0.1, -0.05) is 19.8 Å². The Morgan fingerprint density at radius 2 is 2.44 bits per heavy atom. The van der Waals surface area contributed by atoms with Crippen LogP contribution in [0.15, 0.2) is 12.4 Å². The molecule has 1 fully saturated rings. The van der Waals surface area contributed by atoms with Gasteiger partial charge in [0.05, 0.1) is 11.6 Å². The highest BCUT2D eigenvalue weighted by molar-refractivity contribution is 5.08. The SMILES string of the molecule is CCn1ccnc1C(N)C1(OC)CCCC(C)C1. The standard InChI is InChI=1S/C14H25N3O/c1-4-17-9-8-16-13(17)12(15)14(18-3)7-5-6-11(2)10-14/h8-9,11-12H,4-7,10,15H2,1-3H3. The molecule has 1 aliphatic carbocycles. The molecule has 2 rings (SSSR count). The lowest BCUT2D eigenvalue weighted by Crippen LogP contribution is -2.47. The predicted molar refractivity (Wildman–Crippen MR) is 72.2 cm³/mol. The number of hydrogen-bond donors (Lipinski definition) is 1. The van der Waals surface area contributed by atoms with Crippen LogP contribution in [0.5, 0.6) is 0 Å². The van der Waals surface area contributed by atoms with Crippen molar-refractivity contribution in [2.24, 2.45) is 11.7 Å². The van der Waals surface area contributed by atoms with E-state index in [2.05, 4.69) is 23.4 Å². The van der Waals surface area contributed by atoms with Gasteiger partial charge in [-0.3, -0.25) is 0 Å². The number of rotatable bonds is 4. The smallest absolute Gasteiger partial charge is 0.128 e. The molecule has 4 nitrogen and oxygen atoms in total. The Balaban J connectivity index is 2.26. The zero-order valence-corrected chi connectivity index (χ0v) is 11.7. The molecule has 18 heavy (non-hydrogen) atoms. The third kappa shape index (κ3) is 2.31. The highest BCUT2D eigenvalue weighted by Gasteiger charge is 2.42. The summed E-state index contributed by atoms with van der Waals surface area (Å²) in [6.45, 7) is 5.30. The number of methoxy groups -OCH3 is 1. The Morgan fingerprint density at radius 1 is 1.67 bits per heavy atom. The minimum absolute atomic E-state index is 0.139. The lowest BCUT2D eigenvalue weighted by atomic mass is 9.74. The average molecular weight is 251 g/mol. The Morgan fingerprint density at radius 3 is 3.06 bits per heavy atom. The summed E-state index contributed by atoms with van der Waals surface area (Å²) in [4.78, 5) is 4.44. The van der Waals surface area contributed by atoms with Crippen molar-refractivity contribution in [3.05, 3.63) is 18.2 Å². The predicted octanol–water partition coefficient (Wildman–Crippen LogP) is 2.50. The minimum atomic E-state index is -0.240. The maximum absolute atomic E-state index is 6.49. The molecule has 0 aromatic carbocycles. The fraction of sp³-hybridized carbons (Fsp3) is 0.786. The summed E-state index contributed by atoms with van der Waals surface area (Å²) in [5, 5.41) is 0. The number of aryl methyl sites for hydroxylation is 1. The maximum atomic E-state index is 6.49. The molecule has 2 N–H and O–H groups in total.